The summed E-state index contributed by atoms with van der Waals surface area (Å²) in [5, 5.41) is 17.9. The van der Waals surface area contributed by atoms with E-state index in [4.69, 9.17) is 9.84 Å². The van der Waals surface area contributed by atoms with Gasteiger partial charge in [-0.3, -0.25) is 4.79 Å². The highest BCUT2D eigenvalue weighted by Gasteiger charge is 2.24. The first-order valence-corrected chi connectivity index (χ1v) is 8.62. The fourth-order valence-electron chi connectivity index (χ4n) is 1.33. The molecule has 0 rings (SSSR count). The lowest BCUT2D eigenvalue weighted by Gasteiger charge is -2.21. The van der Waals surface area contributed by atoms with Crippen molar-refractivity contribution in [3.05, 3.63) is 0 Å². The molecule has 0 bridgehead atoms. The van der Waals surface area contributed by atoms with E-state index >= 15 is 0 Å². The summed E-state index contributed by atoms with van der Waals surface area (Å²) in [6.07, 6.45) is -1.39. The molecular formula is C13H26NO7P+2. The Balaban J connectivity index is 3.88. The summed E-state index contributed by atoms with van der Waals surface area (Å²) < 4.78 is 21.7. The highest BCUT2D eigenvalue weighted by molar-refractivity contribution is 7.44. The smallest absolute Gasteiger partial charge is 0.348 e. The van der Waals surface area contributed by atoms with Crippen molar-refractivity contribution in [2.75, 3.05) is 59.8 Å². The number of hydrogen-bond acceptors (Lipinski definition) is 7. The summed E-state index contributed by atoms with van der Waals surface area (Å²) in [4.78, 5) is 22.6. The van der Waals surface area contributed by atoms with Gasteiger partial charge in [0.1, 0.15) is 19.8 Å². The molecule has 8 nitrogen and oxygen atoms in total. The standard InChI is InChI=1S/C13H26NO7P/c1-14(2,3)4-8-22(19)9-7-21-13(18)11(16)10-12(17)20-6-5-15/h11,15-16H,4-10H2,1-3H3/q+2. The zero-order chi connectivity index (χ0) is 17.2. The van der Waals surface area contributed by atoms with Crippen molar-refractivity contribution < 1.29 is 38.3 Å². The van der Waals surface area contributed by atoms with E-state index in [9.17, 15) is 19.3 Å². The topological polar surface area (TPSA) is 110 Å². The molecule has 2 atom stereocenters. The van der Waals surface area contributed by atoms with Gasteiger partial charge >= 0.3 is 19.7 Å². The van der Waals surface area contributed by atoms with Gasteiger partial charge in [-0.15, -0.1) is 0 Å². The molecule has 0 aromatic heterocycles. The number of nitrogens with zero attached hydrogens (tertiary/aromatic N) is 1. The highest BCUT2D eigenvalue weighted by atomic mass is 31.1. The second kappa shape index (κ2) is 10.6. The number of hydrogen-bond donors (Lipinski definition) is 2. The average molecular weight is 339 g/mol. The summed E-state index contributed by atoms with van der Waals surface area (Å²) in [6.45, 7) is 0.177. The Morgan fingerprint density at radius 1 is 1.14 bits per heavy atom. The van der Waals surface area contributed by atoms with Crippen molar-refractivity contribution in [3.63, 3.8) is 0 Å². The van der Waals surface area contributed by atoms with Crippen LogP contribution in [0.1, 0.15) is 6.42 Å². The lowest BCUT2D eigenvalue weighted by atomic mass is 10.2. The molecule has 0 amide bonds. The first-order chi connectivity index (χ1) is 10.2. The molecule has 128 valence electrons. The summed E-state index contributed by atoms with van der Waals surface area (Å²) in [7, 11) is 4.52. The summed E-state index contributed by atoms with van der Waals surface area (Å²) in [6, 6.07) is 0. The van der Waals surface area contributed by atoms with E-state index in [1.165, 1.54) is 0 Å². The van der Waals surface area contributed by atoms with Crippen molar-refractivity contribution in [2.45, 2.75) is 12.5 Å². The fourth-order valence-corrected chi connectivity index (χ4v) is 2.67. The number of aliphatic hydroxyl groups is 2. The molecule has 0 spiro atoms. The third kappa shape index (κ3) is 11.6. The Morgan fingerprint density at radius 2 is 1.77 bits per heavy atom. The van der Waals surface area contributed by atoms with Crippen LogP contribution in [0.3, 0.4) is 0 Å². The Labute approximate surface area is 131 Å². The van der Waals surface area contributed by atoms with Crippen molar-refractivity contribution in [1.29, 1.82) is 0 Å². The van der Waals surface area contributed by atoms with Gasteiger partial charge in [0.15, 0.2) is 18.4 Å². The number of quaternary nitrogens is 1. The molecule has 2 N–H and O–H groups in total. The maximum absolute atomic E-state index is 11.7. The number of carbonyl (C=O) groups is 2. The van der Waals surface area contributed by atoms with Gasteiger partial charge in [-0.2, -0.15) is 0 Å². The van der Waals surface area contributed by atoms with E-state index in [1.54, 1.807) is 0 Å². The molecule has 0 heterocycles. The second-order valence-corrected chi connectivity index (χ2v) is 7.63. The van der Waals surface area contributed by atoms with Crippen molar-refractivity contribution in [1.82, 2.24) is 0 Å². The Hall–Kier alpha value is -1.08. The largest absolute Gasteiger partial charge is 0.463 e. The molecule has 22 heavy (non-hydrogen) atoms. The number of aliphatic hydroxyl groups excluding tert-OH is 2. The average Bonchev–Trinajstić information content (AvgIpc) is 2.41. The fraction of sp³-hybridized carbons (Fsp3) is 0.846. The first-order valence-electron chi connectivity index (χ1n) is 6.99. The lowest BCUT2D eigenvalue weighted by molar-refractivity contribution is -0.867. The van der Waals surface area contributed by atoms with Gasteiger partial charge in [0.2, 0.25) is 0 Å². The van der Waals surface area contributed by atoms with Crippen LogP contribution in [-0.2, 0) is 23.6 Å². The molecule has 0 aliphatic heterocycles. The van der Waals surface area contributed by atoms with Crippen LogP contribution >= 0.6 is 7.80 Å². The molecule has 2 unspecified atom stereocenters. The number of carbonyl (C=O) groups excluding carboxylic acids is 2. The summed E-state index contributed by atoms with van der Waals surface area (Å²) in [5.74, 6) is -1.75. The predicted molar refractivity (Wildman–Crippen MR) is 79.9 cm³/mol. The van der Waals surface area contributed by atoms with Crippen molar-refractivity contribution in [2.24, 2.45) is 0 Å². The molecule has 0 aromatic rings. The predicted octanol–water partition coefficient (Wildman–Crippen LogP) is -0.650. The molecule has 0 saturated carbocycles. The van der Waals surface area contributed by atoms with Crippen LogP contribution in [0.15, 0.2) is 0 Å². The number of esters is 2. The van der Waals surface area contributed by atoms with Crippen molar-refractivity contribution >= 4 is 19.7 Å². The number of ether oxygens (including phenoxy) is 2. The molecule has 0 saturated heterocycles. The van der Waals surface area contributed by atoms with Crippen LogP contribution in [0.5, 0.6) is 0 Å². The second-order valence-electron chi connectivity index (χ2n) is 5.77. The van der Waals surface area contributed by atoms with E-state index in [0.29, 0.717) is 10.6 Å². The zero-order valence-electron chi connectivity index (χ0n) is 13.4. The lowest BCUT2D eigenvalue weighted by Crippen LogP contribution is -2.36. The van der Waals surface area contributed by atoms with Gasteiger partial charge in [-0.05, 0) is 0 Å². The van der Waals surface area contributed by atoms with Gasteiger partial charge in [0.25, 0.3) is 0 Å². The van der Waals surface area contributed by atoms with Crippen LogP contribution < -0.4 is 0 Å². The minimum absolute atomic E-state index is 0.0616. The summed E-state index contributed by atoms with van der Waals surface area (Å²) >= 11 is 0. The maximum Gasteiger partial charge on any atom is 0.348 e. The normalized spacial score (nSPS) is 13.4. The van der Waals surface area contributed by atoms with E-state index in [0.717, 1.165) is 6.54 Å². The monoisotopic (exact) mass is 339 g/mol. The number of rotatable bonds is 11. The van der Waals surface area contributed by atoms with Gasteiger partial charge in [0, 0.05) is 0 Å². The van der Waals surface area contributed by atoms with E-state index in [2.05, 4.69) is 4.74 Å². The third-order valence-corrected chi connectivity index (χ3v) is 3.97. The zero-order valence-corrected chi connectivity index (χ0v) is 14.3. The van der Waals surface area contributed by atoms with E-state index < -0.39 is 32.3 Å². The molecular weight excluding hydrogens is 313 g/mol. The van der Waals surface area contributed by atoms with Gasteiger partial charge < -0.3 is 24.2 Å². The minimum atomic E-state index is -1.62. The van der Waals surface area contributed by atoms with Crippen LogP contribution in [0, 0.1) is 0 Å². The molecule has 0 fully saturated rings. The molecule has 0 aliphatic rings. The van der Waals surface area contributed by atoms with Gasteiger partial charge in [-0.1, -0.05) is 4.57 Å². The molecule has 0 radical (unpaired) electrons. The Kier molecular flexibility index (Phi) is 10.1. The van der Waals surface area contributed by atoms with Crippen LogP contribution in [0.2, 0.25) is 0 Å². The van der Waals surface area contributed by atoms with Crippen molar-refractivity contribution in [3.8, 4) is 0 Å². The SMILES string of the molecule is C[N+](C)(C)CC[P+](=O)CCOC(=O)C(O)CC(=O)OCCO. The highest BCUT2D eigenvalue weighted by Crippen LogP contribution is 2.20. The van der Waals surface area contributed by atoms with E-state index in [1.807, 2.05) is 21.1 Å². The van der Waals surface area contributed by atoms with Crippen LogP contribution in [0.25, 0.3) is 0 Å². The third-order valence-electron chi connectivity index (χ3n) is 2.59. The van der Waals surface area contributed by atoms with Crippen LogP contribution in [0.4, 0.5) is 0 Å². The Bertz CT molecular complexity index is 381. The molecule has 0 aliphatic carbocycles. The summed E-state index contributed by atoms with van der Waals surface area (Å²) in [5.41, 5.74) is 0. The Morgan fingerprint density at radius 3 is 2.32 bits per heavy atom. The maximum atomic E-state index is 11.7. The molecule has 0 aromatic carbocycles. The van der Waals surface area contributed by atoms with Crippen LogP contribution in [-0.4, -0.2) is 92.6 Å². The van der Waals surface area contributed by atoms with Gasteiger partial charge in [0.05, 0.1) is 34.2 Å². The quantitative estimate of drug-likeness (QED) is 0.292. The molecule has 9 heteroatoms. The van der Waals surface area contributed by atoms with Gasteiger partial charge in [-0.25, -0.2) is 4.79 Å². The van der Waals surface area contributed by atoms with E-state index in [-0.39, 0.29) is 26.0 Å². The first kappa shape index (κ1) is 20.9. The minimum Gasteiger partial charge on any atom is -0.463 e.